The fourth-order valence-electron chi connectivity index (χ4n) is 3.41. The van der Waals surface area contributed by atoms with Crippen LogP contribution < -0.4 is 9.47 Å². The highest BCUT2D eigenvalue weighted by atomic mass is 16.6. The van der Waals surface area contributed by atoms with Crippen LogP contribution in [0.4, 0.5) is 0 Å². The lowest BCUT2D eigenvalue weighted by Gasteiger charge is -2.31. The molecular weight excluding hydrogens is 302 g/mol. The number of para-hydroxylation sites is 2. The van der Waals surface area contributed by atoms with Gasteiger partial charge in [-0.1, -0.05) is 42.5 Å². The first-order chi connectivity index (χ1) is 11.7. The summed E-state index contributed by atoms with van der Waals surface area (Å²) >= 11 is 0. The molecule has 0 unspecified atom stereocenters. The van der Waals surface area contributed by atoms with E-state index < -0.39 is 0 Å². The molecule has 4 nitrogen and oxygen atoms in total. The molecule has 1 atom stereocenters. The average molecular weight is 323 g/mol. The Morgan fingerprint density at radius 1 is 1.08 bits per heavy atom. The van der Waals surface area contributed by atoms with E-state index in [2.05, 4.69) is 12.1 Å². The summed E-state index contributed by atoms with van der Waals surface area (Å²) in [6, 6.07) is 17.7. The Morgan fingerprint density at radius 2 is 1.75 bits per heavy atom. The van der Waals surface area contributed by atoms with Crippen LogP contribution in [0.2, 0.25) is 0 Å². The van der Waals surface area contributed by atoms with Gasteiger partial charge in [0.25, 0.3) is 0 Å². The third-order valence-corrected chi connectivity index (χ3v) is 4.88. The Hall–Kier alpha value is -2.49. The smallest absolute Gasteiger partial charge is 0.233 e. The fourth-order valence-corrected chi connectivity index (χ4v) is 3.41. The van der Waals surface area contributed by atoms with Crippen molar-refractivity contribution in [3.63, 3.8) is 0 Å². The Labute approximate surface area is 142 Å². The highest BCUT2D eigenvalue weighted by Crippen LogP contribution is 2.49. The van der Waals surface area contributed by atoms with Gasteiger partial charge >= 0.3 is 0 Å². The van der Waals surface area contributed by atoms with Gasteiger partial charge in [0.15, 0.2) is 17.6 Å². The van der Waals surface area contributed by atoms with Crippen LogP contribution in [0.15, 0.2) is 54.6 Å². The predicted octanol–water partition coefficient (Wildman–Crippen LogP) is 3.02. The third-order valence-electron chi connectivity index (χ3n) is 4.88. The van der Waals surface area contributed by atoms with Gasteiger partial charge in [0.2, 0.25) is 5.91 Å². The summed E-state index contributed by atoms with van der Waals surface area (Å²) in [5.74, 6) is 1.70. The van der Waals surface area contributed by atoms with Crippen molar-refractivity contribution in [2.75, 3.05) is 20.2 Å². The molecule has 1 fully saturated rings. The first-order valence-electron chi connectivity index (χ1n) is 8.39. The van der Waals surface area contributed by atoms with Gasteiger partial charge in [0, 0.05) is 7.05 Å². The molecule has 4 rings (SSSR count). The number of fused-ring (bicyclic) bond motifs is 1. The summed E-state index contributed by atoms with van der Waals surface area (Å²) in [4.78, 5) is 14.8. The maximum atomic E-state index is 13.0. The minimum Gasteiger partial charge on any atom is -0.486 e. The molecular formula is C20H21NO3. The Morgan fingerprint density at radius 3 is 2.46 bits per heavy atom. The summed E-state index contributed by atoms with van der Waals surface area (Å²) in [6.45, 7) is 0.995. The number of amides is 1. The lowest BCUT2D eigenvalue weighted by Crippen LogP contribution is -2.45. The predicted molar refractivity (Wildman–Crippen MR) is 91.3 cm³/mol. The van der Waals surface area contributed by atoms with E-state index in [9.17, 15) is 4.79 Å². The molecule has 0 saturated heterocycles. The van der Waals surface area contributed by atoms with Crippen molar-refractivity contribution in [2.24, 2.45) is 0 Å². The second kappa shape index (κ2) is 5.86. The van der Waals surface area contributed by atoms with E-state index in [1.807, 2.05) is 49.5 Å². The van der Waals surface area contributed by atoms with Crippen molar-refractivity contribution in [2.45, 2.75) is 24.4 Å². The number of nitrogens with zero attached hydrogens (tertiary/aromatic N) is 1. The monoisotopic (exact) mass is 323 g/mol. The van der Waals surface area contributed by atoms with E-state index in [0.717, 1.165) is 29.9 Å². The molecule has 0 N–H and O–H groups in total. The molecule has 2 aromatic carbocycles. The van der Waals surface area contributed by atoms with Gasteiger partial charge in [-0.25, -0.2) is 0 Å². The normalized spacial score (nSPS) is 20.3. The van der Waals surface area contributed by atoms with Crippen LogP contribution in [-0.2, 0) is 10.2 Å². The lowest BCUT2D eigenvalue weighted by molar-refractivity contribution is -0.134. The highest BCUT2D eigenvalue weighted by molar-refractivity contribution is 5.91. The summed E-state index contributed by atoms with van der Waals surface area (Å²) in [5.41, 5.74) is 0.789. The molecule has 0 bridgehead atoms. The van der Waals surface area contributed by atoms with E-state index in [1.165, 1.54) is 0 Å². The van der Waals surface area contributed by atoms with E-state index in [0.29, 0.717) is 13.2 Å². The van der Waals surface area contributed by atoms with E-state index in [1.54, 1.807) is 4.90 Å². The van der Waals surface area contributed by atoms with Crippen LogP contribution in [0, 0.1) is 0 Å². The number of carbonyl (C=O) groups excluding carboxylic acids is 1. The molecule has 0 spiro atoms. The first-order valence-corrected chi connectivity index (χ1v) is 8.39. The van der Waals surface area contributed by atoms with Crippen molar-refractivity contribution < 1.29 is 14.3 Å². The Kier molecular flexibility index (Phi) is 3.68. The van der Waals surface area contributed by atoms with Gasteiger partial charge in [0.05, 0.1) is 12.0 Å². The molecule has 124 valence electrons. The van der Waals surface area contributed by atoms with Crippen molar-refractivity contribution >= 4 is 5.91 Å². The molecule has 24 heavy (non-hydrogen) atoms. The molecule has 1 amide bonds. The maximum absolute atomic E-state index is 13.0. The molecule has 2 aliphatic rings. The number of ether oxygens (including phenoxy) is 2. The van der Waals surface area contributed by atoms with Gasteiger partial charge < -0.3 is 14.4 Å². The van der Waals surface area contributed by atoms with Crippen molar-refractivity contribution in [3.05, 3.63) is 60.2 Å². The summed E-state index contributed by atoms with van der Waals surface area (Å²) in [6.07, 6.45) is 1.70. The SMILES string of the molecule is CN(C[C@H]1COc2ccccc2O1)C(=O)C1(c2ccccc2)CC1. The second-order valence-electron chi connectivity index (χ2n) is 6.63. The summed E-state index contributed by atoms with van der Waals surface area (Å²) < 4.78 is 11.7. The minimum absolute atomic E-state index is 0.138. The molecule has 0 radical (unpaired) electrons. The van der Waals surface area contributed by atoms with Gasteiger partial charge in [-0.05, 0) is 30.5 Å². The summed E-state index contributed by atoms with van der Waals surface area (Å²) in [7, 11) is 1.86. The van der Waals surface area contributed by atoms with Crippen molar-refractivity contribution in [1.29, 1.82) is 0 Å². The van der Waals surface area contributed by atoms with Crippen molar-refractivity contribution in [1.82, 2.24) is 4.90 Å². The zero-order valence-corrected chi connectivity index (χ0v) is 13.8. The highest BCUT2D eigenvalue weighted by Gasteiger charge is 2.52. The molecule has 1 aliphatic heterocycles. The zero-order valence-electron chi connectivity index (χ0n) is 13.8. The van der Waals surface area contributed by atoms with Gasteiger partial charge in [-0.2, -0.15) is 0 Å². The fraction of sp³-hybridized carbons (Fsp3) is 0.350. The quantitative estimate of drug-likeness (QED) is 0.868. The van der Waals surface area contributed by atoms with Crippen LogP contribution in [-0.4, -0.2) is 37.1 Å². The maximum Gasteiger partial charge on any atom is 0.233 e. The topological polar surface area (TPSA) is 38.8 Å². The zero-order chi connectivity index (χ0) is 16.6. The first kappa shape index (κ1) is 15.1. The number of benzene rings is 2. The number of hydrogen-bond acceptors (Lipinski definition) is 3. The molecule has 1 aliphatic carbocycles. The van der Waals surface area contributed by atoms with Crippen LogP contribution in [0.3, 0.4) is 0 Å². The molecule has 4 heteroatoms. The number of likely N-dealkylation sites (N-methyl/N-ethyl adjacent to an activating group) is 1. The van der Waals surface area contributed by atoms with Gasteiger partial charge in [0.1, 0.15) is 6.61 Å². The Balaban J connectivity index is 1.44. The lowest BCUT2D eigenvalue weighted by atomic mass is 9.94. The van der Waals surface area contributed by atoms with E-state index >= 15 is 0 Å². The molecule has 1 heterocycles. The second-order valence-corrected chi connectivity index (χ2v) is 6.63. The molecule has 2 aromatic rings. The van der Waals surface area contributed by atoms with E-state index in [4.69, 9.17) is 9.47 Å². The van der Waals surface area contributed by atoms with Crippen LogP contribution in [0.5, 0.6) is 11.5 Å². The van der Waals surface area contributed by atoms with Crippen LogP contribution >= 0.6 is 0 Å². The van der Waals surface area contributed by atoms with Crippen molar-refractivity contribution in [3.8, 4) is 11.5 Å². The van der Waals surface area contributed by atoms with Crippen LogP contribution in [0.25, 0.3) is 0 Å². The number of rotatable bonds is 4. The number of hydrogen-bond donors (Lipinski definition) is 0. The summed E-state index contributed by atoms with van der Waals surface area (Å²) in [5, 5.41) is 0. The molecule has 0 aromatic heterocycles. The van der Waals surface area contributed by atoms with Gasteiger partial charge in [-0.3, -0.25) is 4.79 Å². The largest absolute Gasteiger partial charge is 0.486 e. The minimum atomic E-state index is -0.330. The van der Waals surface area contributed by atoms with Gasteiger partial charge in [-0.15, -0.1) is 0 Å². The van der Waals surface area contributed by atoms with Crippen LogP contribution in [0.1, 0.15) is 18.4 Å². The molecule has 1 saturated carbocycles. The van der Waals surface area contributed by atoms with E-state index in [-0.39, 0.29) is 17.4 Å². The standard InChI is InChI=1S/C20H21NO3/c1-21(13-16-14-23-17-9-5-6-10-18(17)24-16)19(22)20(11-12-20)15-7-3-2-4-8-15/h2-10,16H,11-14H2,1H3/t16-/m0/s1. The number of carbonyl (C=O) groups is 1. The Bertz CT molecular complexity index is 740. The average Bonchev–Trinajstić information content (AvgIpc) is 3.43. The third kappa shape index (κ3) is 2.62.